The molecule has 1 aromatic heterocycles. The van der Waals surface area contributed by atoms with E-state index >= 15 is 0 Å². The monoisotopic (exact) mass is 367 g/mol. The van der Waals surface area contributed by atoms with E-state index in [1.807, 2.05) is 0 Å². The highest BCUT2D eigenvalue weighted by Gasteiger charge is 2.13. The van der Waals surface area contributed by atoms with Crippen molar-refractivity contribution in [3.8, 4) is 0 Å². The first-order valence-electron chi connectivity index (χ1n) is 6.98. The molecule has 24 heavy (non-hydrogen) atoms. The summed E-state index contributed by atoms with van der Waals surface area (Å²) >= 11 is 6.97. The molecule has 9 heteroatoms. The molecular weight excluding hydrogens is 354 g/mol. The number of ether oxygens (including phenoxy) is 1. The fourth-order valence-corrected chi connectivity index (χ4v) is 2.42. The highest BCUT2D eigenvalue weighted by atomic mass is 35.5. The van der Waals surface area contributed by atoms with Gasteiger partial charge in [-0.1, -0.05) is 22.9 Å². The van der Waals surface area contributed by atoms with Gasteiger partial charge < -0.3 is 10.1 Å². The Morgan fingerprint density at radius 3 is 2.50 bits per heavy atom. The third-order valence-corrected chi connectivity index (χ3v) is 3.87. The molecule has 1 N–H and O–H groups in total. The first-order chi connectivity index (χ1) is 11.4. The number of hydrogen-bond donors (Lipinski definition) is 1. The van der Waals surface area contributed by atoms with Gasteiger partial charge in [0.15, 0.2) is 12.4 Å². The fourth-order valence-electron chi connectivity index (χ4n) is 1.68. The number of carbonyl (C=O) groups excluding carboxylic acids is 3. The van der Waals surface area contributed by atoms with Gasteiger partial charge in [0.05, 0.1) is 6.42 Å². The van der Waals surface area contributed by atoms with Crippen molar-refractivity contribution in [2.24, 2.45) is 0 Å². The second kappa shape index (κ2) is 8.51. The molecule has 0 saturated carbocycles. The predicted molar refractivity (Wildman–Crippen MR) is 89.3 cm³/mol. The number of hydrogen-bond acceptors (Lipinski definition) is 7. The van der Waals surface area contributed by atoms with Crippen LogP contribution in [0.2, 0.25) is 5.02 Å². The minimum atomic E-state index is -0.624. The maximum atomic E-state index is 11.8. The zero-order valence-electron chi connectivity index (χ0n) is 12.7. The van der Waals surface area contributed by atoms with E-state index < -0.39 is 5.97 Å². The van der Waals surface area contributed by atoms with E-state index in [0.717, 1.165) is 5.01 Å². The smallest absolute Gasteiger partial charge is 0.306 e. The molecule has 0 atom stereocenters. The van der Waals surface area contributed by atoms with Crippen molar-refractivity contribution in [2.75, 3.05) is 11.9 Å². The molecule has 0 saturated heterocycles. The molecule has 0 spiro atoms. The molecular formula is C15H14ClN3O4S. The van der Waals surface area contributed by atoms with Gasteiger partial charge >= 0.3 is 5.97 Å². The Morgan fingerprint density at radius 1 is 1.17 bits per heavy atom. The minimum Gasteiger partial charge on any atom is -0.457 e. The van der Waals surface area contributed by atoms with E-state index in [1.165, 1.54) is 11.3 Å². The third-order valence-electron chi connectivity index (χ3n) is 2.86. The lowest BCUT2D eigenvalue weighted by molar-refractivity contribution is -0.143. The molecule has 2 rings (SSSR count). The number of nitrogens with zero attached hydrogens (tertiary/aromatic N) is 2. The summed E-state index contributed by atoms with van der Waals surface area (Å²) in [5.41, 5.74) is 0.400. The average molecular weight is 368 g/mol. The second-order valence-corrected chi connectivity index (χ2v) is 6.38. The normalized spacial score (nSPS) is 10.2. The number of halogens is 1. The standard InChI is InChI=1S/C15H14ClN3O4S/c1-9-18-19-15(24-9)17-13(21)6-7-14(22)23-8-12(20)10-2-4-11(16)5-3-10/h2-5H,6-8H2,1H3,(H,17,19,21). The largest absolute Gasteiger partial charge is 0.457 e. The summed E-state index contributed by atoms with van der Waals surface area (Å²) in [4.78, 5) is 35.1. The molecule has 0 aliphatic heterocycles. The lowest BCUT2D eigenvalue weighted by Gasteiger charge is -2.04. The molecule has 1 aromatic carbocycles. The Morgan fingerprint density at radius 2 is 1.88 bits per heavy atom. The summed E-state index contributed by atoms with van der Waals surface area (Å²) in [5, 5.41) is 11.7. The molecule has 2 aromatic rings. The summed E-state index contributed by atoms with van der Waals surface area (Å²) in [6.45, 7) is 1.39. The lowest BCUT2D eigenvalue weighted by atomic mass is 10.1. The van der Waals surface area contributed by atoms with E-state index in [-0.39, 0.29) is 31.1 Å². The van der Waals surface area contributed by atoms with E-state index in [9.17, 15) is 14.4 Å². The number of aryl methyl sites for hydroxylation is 1. The molecule has 0 fully saturated rings. The van der Waals surface area contributed by atoms with Gasteiger partial charge in [-0.25, -0.2) is 0 Å². The van der Waals surface area contributed by atoms with E-state index in [2.05, 4.69) is 15.5 Å². The maximum absolute atomic E-state index is 11.8. The van der Waals surface area contributed by atoms with Gasteiger partial charge in [-0.15, -0.1) is 10.2 Å². The Bertz CT molecular complexity index is 745. The summed E-state index contributed by atoms with van der Waals surface area (Å²) in [5.74, 6) is -1.33. The maximum Gasteiger partial charge on any atom is 0.306 e. The van der Waals surface area contributed by atoms with Crippen molar-refractivity contribution >= 4 is 45.7 Å². The quantitative estimate of drug-likeness (QED) is 0.596. The van der Waals surface area contributed by atoms with Gasteiger partial charge in [0, 0.05) is 17.0 Å². The highest BCUT2D eigenvalue weighted by molar-refractivity contribution is 7.15. The first-order valence-corrected chi connectivity index (χ1v) is 8.18. The zero-order valence-corrected chi connectivity index (χ0v) is 14.3. The molecule has 126 valence electrons. The van der Waals surface area contributed by atoms with E-state index in [4.69, 9.17) is 16.3 Å². The topological polar surface area (TPSA) is 98.2 Å². The van der Waals surface area contributed by atoms with Gasteiger partial charge in [-0.3, -0.25) is 14.4 Å². The number of rotatable bonds is 7. The number of esters is 1. The number of amides is 1. The Kier molecular flexibility index (Phi) is 6.39. The van der Waals surface area contributed by atoms with Crippen molar-refractivity contribution in [1.82, 2.24) is 10.2 Å². The van der Waals surface area contributed by atoms with Crippen LogP contribution in [-0.4, -0.2) is 34.5 Å². The molecule has 7 nitrogen and oxygen atoms in total. The average Bonchev–Trinajstić information content (AvgIpc) is 2.96. The van der Waals surface area contributed by atoms with Crippen LogP contribution >= 0.6 is 22.9 Å². The summed E-state index contributed by atoms with van der Waals surface area (Å²) in [7, 11) is 0. The summed E-state index contributed by atoms with van der Waals surface area (Å²) < 4.78 is 4.87. The molecule has 0 bridgehead atoms. The summed E-state index contributed by atoms with van der Waals surface area (Å²) in [6, 6.07) is 6.26. The van der Waals surface area contributed by atoms with Crippen LogP contribution in [0.1, 0.15) is 28.2 Å². The SMILES string of the molecule is Cc1nnc(NC(=O)CCC(=O)OCC(=O)c2ccc(Cl)cc2)s1. The van der Waals surface area contributed by atoms with Crippen LogP contribution in [0, 0.1) is 6.92 Å². The Balaban J connectivity index is 1.70. The van der Waals surface area contributed by atoms with Crippen molar-refractivity contribution < 1.29 is 19.1 Å². The lowest BCUT2D eigenvalue weighted by Crippen LogP contribution is -2.17. The van der Waals surface area contributed by atoms with Crippen molar-refractivity contribution in [3.63, 3.8) is 0 Å². The molecule has 0 unspecified atom stereocenters. The Labute approximate surface area is 147 Å². The number of nitrogens with one attached hydrogen (secondary N) is 1. The number of aromatic nitrogens is 2. The molecule has 0 radical (unpaired) electrons. The Hall–Kier alpha value is -2.32. The van der Waals surface area contributed by atoms with Gasteiger partial charge in [0.1, 0.15) is 5.01 Å². The number of Topliss-reactive ketones (excluding diaryl/α,β-unsaturated/α-hetero) is 1. The number of anilines is 1. The van der Waals surface area contributed by atoms with Gasteiger partial charge in [-0.2, -0.15) is 0 Å². The van der Waals surface area contributed by atoms with Crippen molar-refractivity contribution in [1.29, 1.82) is 0 Å². The molecule has 1 heterocycles. The number of ketones is 1. The highest BCUT2D eigenvalue weighted by Crippen LogP contribution is 2.14. The second-order valence-electron chi connectivity index (χ2n) is 4.77. The number of benzene rings is 1. The van der Waals surface area contributed by atoms with Gasteiger partial charge in [-0.05, 0) is 31.2 Å². The van der Waals surface area contributed by atoms with Gasteiger partial charge in [0.2, 0.25) is 11.0 Å². The van der Waals surface area contributed by atoms with Crippen molar-refractivity contribution in [3.05, 3.63) is 39.9 Å². The third kappa shape index (κ3) is 5.71. The minimum absolute atomic E-state index is 0.0629. The molecule has 0 aliphatic carbocycles. The predicted octanol–water partition coefficient (Wildman–Crippen LogP) is 2.64. The van der Waals surface area contributed by atoms with E-state index in [0.29, 0.717) is 15.7 Å². The van der Waals surface area contributed by atoms with Crippen LogP contribution in [0.4, 0.5) is 5.13 Å². The van der Waals surface area contributed by atoms with Crippen LogP contribution in [0.25, 0.3) is 0 Å². The van der Waals surface area contributed by atoms with Crippen LogP contribution < -0.4 is 5.32 Å². The van der Waals surface area contributed by atoms with Crippen LogP contribution in [-0.2, 0) is 14.3 Å². The van der Waals surface area contributed by atoms with Crippen LogP contribution in [0.15, 0.2) is 24.3 Å². The van der Waals surface area contributed by atoms with Crippen LogP contribution in [0.3, 0.4) is 0 Å². The number of carbonyl (C=O) groups is 3. The summed E-state index contributed by atoms with van der Waals surface area (Å²) in [6.07, 6.45) is -0.190. The van der Waals surface area contributed by atoms with E-state index in [1.54, 1.807) is 31.2 Å². The van der Waals surface area contributed by atoms with Gasteiger partial charge in [0.25, 0.3) is 0 Å². The first kappa shape index (κ1) is 18.0. The van der Waals surface area contributed by atoms with Crippen molar-refractivity contribution in [2.45, 2.75) is 19.8 Å². The molecule has 0 aliphatic rings. The zero-order chi connectivity index (χ0) is 17.5. The van der Waals surface area contributed by atoms with Crippen LogP contribution in [0.5, 0.6) is 0 Å². The molecule has 1 amide bonds. The fraction of sp³-hybridized carbons (Fsp3) is 0.267.